The minimum absolute atomic E-state index is 0.274. The highest BCUT2D eigenvalue weighted by Gasteiger charge is 2.18. The average molecular weight is 292 g/mol. The number of aromatic amines is 1. The lowest BCUT2D eigenvalue weighted by molar-refractivity contribution is 0.100. The van der Waals surface area contributed by atoms with Crippen LogP contribution in [0.2, 0.25) is 0 Å². The van der Waals surface area contributed by atoms with E-state index in [1.165, 1.54) is 0 Å². The third kappa shape index (κ3) is 1.59. The molecule has 4 rings (SSSR count). The summed E-state index contributed by atoms with van der Waals surface area (Å²) >= 11 is 0. The van der Waals surface area contributed by atoms with Crippen LogP contribution in [-0.4, -0.2) is 25.7 Å². The Hall–Kier alpha value is -3.35. The maximum absolute atomic E-state index is 11.8. The number of H-pyrrole nitrogens is 1. The first-order valence-electron chi connectivity index (χ1n) is 6.65. The number of amides is 1. The first-order valence-corrected chi connectivity index (χ1v) is 6.65. The second-order valence-corrected chi connectivity index (χ2v) is 4.99. The molecule has 5 N–H and O–H groups in total. The first-order chi connectivity index (χ1) is 10.7. The van der Waals surface area contributed by atoms with E-state index in [0.29, 0.717) is 16.8 Å². The molecule has 0 unspecified atom stereocenters. The lowest BCUT2D eigenvalue weighted by atomic mass is 9.99. The van der Waals surface area contributed by atoms with Gasteiger partial charge in [-0.1, -0.05) is 12.1 Å². The zero-order valence-electron chi connectivity index (χ0n) is 11.4. The number of hydrogen-bond acceptors (Lipinski definition) is 4. The number of fused-ring (bicyclic) bond motifs is 2. The Labute approximate surface area is 124 Å². The number of primary amides is 1. The van der Waals surface area contributed by atoms with Gasteiger partial charge in [0.05, 0.1) is 34.7 Å². The van der Waals surface area contributed by atoms with Crippen LogP contribution in [0.3, 0.4) is 0 Å². The zero-order valence-corrected chi connectivity index (χ0v) is 11.4. The maximum atomic E-state index is 11.8. The lowest BCUT2D eigenvalue weighted by Gasteiger charge is -2.12. The van der Waals surface area contributed by atoms with Crippen LogP contribution in [0.5, 0.6) is 0 Å². The summed E-state index contributed by atoms with van der Waals surface area (Å²) in [5.74, 6) is -0.579. The maximum Gasteiger partial charge on any atom is 0.253 e. The number of aromatic nitrogens is 4. The first kappa shape index (κ1) is 12.4. The van der Waals surface area contributed by atoms with Crippen molar-refractivity contribution in [3.8, 4) is 11.1 Å². The van der Waals surface area contributed by atoms with Crippen molar-refractivity contribution in [1.82, 2.24) is 19.8 Å². The number of nitrogens with two attached hydrogens (primary N) is 2. The molecular formula is C15H12N6O. The number of rotatable bonds is 2. The fourth-order valence-electron chi connectivity index (χ4n) is 2.76. The summed E-state index contributed by atoms with van der Waals surface area (Å²) in [5.41, 5.74) is 15.4. The number of anilines is 1. The number of benzene rings is 1. The molecule has 7 nitrogen and oxygen atoms in total. The van der Waals surface area contributed by atoms with Gasteiger partial charge in [-0.3, -0.25) is 9.89 Å². The SMILES string of the molecule is NC(=O)c1c(N)c(-c2cccc3[nH]ncc23)cn2nccc12. The average Bonchev–Trinajstić information content (AvgIpc) is 3.13. The summed E-state index contributed by atoms with van der Waals surface area (Å²) in [4.78, 5) is 11.8. The molecule has 0 fully saturated rings. The van der Waals surface area contributed by atoms with E-state index in [0.717, 1.165) is 16.5 Å². The fourth-order valence-corrected chi connectivity index (χ4v) is 2.76. The van der Waals surface area contributed by atoms with E-state index >= 15 is 0 Å². The second kappa shape index (κ2) is 4.32. The van der Waals surface area contributed by atoms with Gasteiger partial charge in [0.2, 0.25) is 0 Å². The minimum atomic E-state index is -0.579. The Bertz CT molecular complexity index is 1030. The van der Waals surface area contributed by atoms with E-state index in [9.17, 15) is 4.79 Å². The van der Waals surface area contributed by atoms with E-state index in [1.54, 1.807) is 29.2 Å². The number of nitrogen functional groups attached to an aromatic ring is 1. The molecule has 0 bridgehead atoms. The molecule has 0 aliphatic rings. The van der Waals surface area contributed by atoms with Crippen LogP contribution in [0, 0.1) is 0 Å². The Morgan fingerprint density at radius 2 is 2.09 bits per heavy atom. The third-order valence-corrected chi connectivity index (χ3v) is 3.76. The molecule has 3 heterocycles. The normalized spacial score (nSPS) is 11.3. The molecule has 0 saturated heterocycles. The van der Waals surface area contributed by atoms with Crippen molar-refractivity contribution in [2.45, 2.75) is 0 Å². The van der Waals surface area contributed by atoms with Gasteiger partial charge >= 0.3 is 0 Å². The van der Waals surface area contributed by atoms with Crippen molar-refractivity contribution in [2.75, 3.05) is 5.73 Å². The molecule has 7 heteroatoms. The van der Waals surface area contributed by atoms with Gasteiger partial charge in [-0.15, -0.1) is 0 Å². The standard InChI is InChI=1S/C15H12N6O/c16-14-10(8-2-1-3-11-9(8)6-18-20-11)7-21-12(4-5-19-21)13(14)15(17)22/h1-7H,16H2,(H2,17,22)(H,18,20). The van der Waals surface area contributed by atoms with E-state index in [4.69, 9.17) is 11.5 Å². The quantitative estimate of drug-likeness (QED) is 0.520. The molecule has 0 aliphatic heterocycles. The monoisotopic (exact) mass is 292 g/mol. The van der Waals surface area contributed by atoms with Crippen molar-refractivity contribution in [1.29, 1.82) is 0 Å². The number of carbonyl (C=O) groups is 1. The molecule has 4 aromatic rings. The van der Waals surface area contributed by atoms with Crippen LogP contribution in [0.25, 0.3) is 27.5 Å². The molecule has 108 valence electrons. The number of nitrogens with one attached hydrogen (secondary N) is 1. The summed E-state index contributed by atoms with van der Waals surface area (Å²) < 4.78 is 1.60. The number of carbonyl (C=O) groups excluding carboxylic acids is 1. The van der Waals surface area contributed by atoms with Crippen molar-refractivity contribution in [2.24, 2.45) is 5.73 Å². The molecule has 0 spiro atoms. The number of hydrogen-bond donors (Lipinski definition) is 3. The van der Waals surface area contributed by atoms with Crippen LogP contribution in [-0.2, 0) is 0 Å². The highest BCUT2D eigenvalue weighted by atomic mass is 16.1. The van der Waals surface area contributed by atoms with Crippen molar-refractivity contribution in [3.63, 3.8) is 0 Å². The molecule has 0 atom stereocenters. The van der Waals surface area contributed by atoms with E-state index < -0.39 is 5.91 Å². The summed E-state index contributed by atoms with van der Waals surface area (Å²) in [6.45, 7) is 0. The predicted octanol–water partition coefficient (Wildman–Crippen LogP) is 1.56. The van der Waals surface area contributed by atoms with E-state index in [-0.39, 0.29) is 5.56 Å². The lowest BCUT2D eigenvalue weighted by Crippen LogP contribution is -2.16. The molecule has 22 heavy (non-hydrogen) atoms. The smallest absolute Gasteiger partial charge is 0.253 e. The van der Waals surface area contributed by atoms with Crippen LogP contribution in [0.1, 0.15) is 10.4 Å². The Balaban J connectivity index is 2.13. The molecular weight excluding hydrogens is 280 g/mol. The molecule has 1 aromatic carbocycles. The molecule has 0 saturated carbocycles. The molecule has 0 aliphatic carbocycles. The van der Waals surface area contributed by atoms with Gasteiger partial charge in [0.25, 0.3) is 5.91 Å². The summed E-state index contributed by atoms with van der Waals surface area (Å²) in [6, 6.07) is 7.44. The van der Waals surface area contributed by atoms with Crippen LogP contribution in [0.15, 0.2) is 42.9 Å². The van der Waals surface area contributed by atoms with Crippen molar-refractivity contribution in [3.05, 3.63) is 48.4 Å². The van der Waals surface area contributed by atoms with Gasteiger partial charge in [-0.2, -0.15) is 10.2 Å². The van der Waals surface area contributed by atoms with Crippen LogP contribution >= 0.6 is 0 Å². The van der Waals surface area contributed by atoms with Crippen LogP contribution < -0.4 is 11.5 Å². The van der Waals surface area contributed by atoms with E-state index in [2.05, 4.69) is 15.3 Å². The topological polar surface area (TPSA) is 115 Å². The van der Waals surface area contributed by atoms with Gasteiger partial charge < -0.3 is 11.5 Å². The highest BCUT2D eigenvalue weighted by Crippen LogP contribution is 2.34. The summed E-state index contributed by atoms with van der Waals surface area (Å²) in [7, 11) is 0. The Morgan fingerprint density at radius 3 is 2.91 bits per heavy atom. The van der Waals surface area contributed by atoms with Gasteiger partial charge in [0.1, 0.15) is 0 Å². The van der Waals surface area contributed by atoms with Crippen molar-refractivity contribution < 1.29 is 4.79 Å². The van der Waals surface area contributed by atoms with Gasteiger partial charge in [-0.05, 0) is 17.7 Å². The van der Waals surface area contributed by atoms with Crippen molar-refractivity contribution >= 4 is 28.0 Å². The minimum Gasteiger partial charge on any atom is -0.397 e. The summed E-state index contributed by atoms with van der Waals surface area (Å²) in [5, 5.41) is 12.1. The van der Waals surface area contributed by atoms with Gasteiger partial charge in [0, 0.05) is 17.1 Å². The van der Waals surface area contributed by atoms with Gasteiger partial charge in [0.15, 0.2) is 0 Å². The Kier molecular flexibility index (Phi) is 2.43. The van der Waals surface area contributed by atoms with Crippen LogP contribution in [0.4, 0.5) is 5.69 Å². The highest BCUT2D eigenvalue weighted by molar-refractivity contribution is 6.09. The second-order valence-electron chi connectivity index (χ2n) is 4.99. The number of nitrogens with zero attached hydrogens (tertiary/aromatic N) is 3. The summed E-state index contributed by atoms with van der Waals surface area (Å²) in [6.07, 6.45) is 5.11. The predicted molar refractivity (Wildman–Crippen MR) is 83.2 cm³/mol. The molecule has 0 radical (unpaired) electrons. The largest absolute Gasteiger partial charge is 0.397 e. The molecule has 1 amide bonds. The Morgan fingerprint density at radius 1 is 1.23 bits per heavy atom. The van der Waals surface area contributed by atoms with Gasteiger partial charge in [-0.25, -0.2) is 4.52 Å². The number of pyridine rings is 1. The zero-order chi connectivity index (χ0) is 15.3. The molecule has 3 aromatic heterocycles. The van der Waals surface area contributed by atoms with E-state index in [1.807, 2.05) is 18.2 Å². The third-order valence-electron chi connectivity index (χ3n) is 3.76. The fraction of sp³-hybridized carbons (Fsp3) is 0.